The lowest BCUT2D eigenvalue weighted by atomic mass is 10.0. The minimum Gasteiger partial charge on any atom is -0.444 e. The van der Waals surface area contributed by atoms with Gasteiger partial charge >= 0.3 is 6.09 Å². The van der Waals surface area contributed by atoms with Crippen molar-refractivity contribution >= 4 is 16.9 Å². The molecule has 2 aromatic carbocycles. The number of benzene rings is 2. The first-order valence-corrected chi connectivity index (χ1v) is 9.83. The summed E-state index contributed by atoms with van der Waals surface area (Å²) in [4.78, 5) is 13.9. The second kappa shape index (κ2) is 8.40. The number of carbonyl (C=O) groups excluding carboxylic acids is 1. The zero-order valence-electron chi connectivity index (χ0n) is 15.6. The van der Waals surface area contributed by atoms with Crippen LogP contribution in [0.1, 0.15) is 31.2 Å². The fraction of sp³-hybridized carbons (Fsp3) is 0.348. The van der Waals surface area contributed by atoms with E-state index in [0.29, 0.717) is 6.54 Å². The van der Waals surface area contributed by atoms with Crippen molar-refractivity contribution in [1.82, 2.24) is 10.2 Å². The van der Waals surface area contributed by atoms with Crippen LogP contribution in [-0.2, 0) is 11.3 Å². The smallest absolute Gasteiger partial charge is 0.414 e. The van der Waals surface area contributed by atoms with Gasteiger partial charge in [-0.15, -0.1) is 0 Å². The number of ether oxygens (including phenoxy) is 1. The Hall–Kier alpha value is -2.59. The lowest BCUT2D eigenvalue weighted by Crippen LogP contribution is -2.24. The lowest BCUT2D eigenvalue weighted by molar-refractivity contribution is 0.130. The Kier molecular flexibility index (Phi) is 5.54. The number of amides is 1. The molecule has 0 radical (unpaired) electrons. The molecule has 0 saturated carbocycles. The van der Waals surface area contributed by atoms with Gasteiger partial charge in [0.1, 0.15) is 6.10 Å². The maximum atomic E-state index is 12.1. The summed E-state index contributed by atoms with van der Waals surface area (Å²) >= 11 is 0. The highest BCUT2D eigenvalue weighted by Crippen LogP contribution is 2.23. The summed E-state index contributed by atoms with van der Waals surface area (Å²) in [5.74, 6) is 0. The first kappa shape index (κ1) is 17.8. The molecule has 1 aliphatic carbocycles. The van der Waals surface area contributed by atoms with Gasteiger partial charge in [0.25, 0.3) is 0 Å². The maximum absolute atomic E-state index is 12.1. The Bertz CT molecular complexity index is 866. The van der Waals surface area contributed by atoms with E-state index in [4.69, 9.17) is 4.74 Å². The summed E-state index contributed by atoms with van der Waals surface area (Å²) in [5, 5.41) is 6.11. The molecule has 4 nitrogen and oxygen atoms in total. The average Bonchev–Trinajstić information content (AvgIpc) is 3.09. The highest BCUT2D eigenvalue weighted by molar-refractivity contribution is 5.85. The van der Waals surface area contributed by atoms with Gasteiger partial charge in [-0.25, -0.2) is 4.79 Å². The predicted octanol–water partition coefficient (Wildman–Crippen LogP) is 4.76. The van der Waals surface area contributed by atoms with E-state index in [1.165, 1.54) is 16.3 Å². The van der Waals surface area contributed by atoms with Gasteiger partial charge in [-0.3, -0.25) is 4.90 Å². The molecule has 0 aromatic heterocycles. The lowest BCUT2D eigenvalue weighted by Gasteiger charge is -2.16. The van der Waals surface area contributed by atoms with Gasteiger partial charge in [-0.1, -0.05) is 54.6 Å². The second-order valence-corrected chi connectivity index (χ2v) is 7.18. The van der Waals surface area contributed by atoms with E-state index in [1.54, 1.807) is 4.90 Å². The Labute approximate surface area is 160 Å². The minimum atomic E-state index is -0.207. The number of hydrogen-bond donors (Lipinski definition) is 1. The Balaban J connectivity index is 1.22. The van der Waals surface area contributed by atoms with Crippen LogP contribution in [0.4, 0.5) is 4.79 Å². The highest BCUT2D eigenvalue weighted by atomic mass is 16.6. The molecule has 1 N–H and O–H groups in total. The topological polar surface area (TPSA) is 41.6 Å². The molecule has 27 heavy (non-hydrogen) atoms. The van der Waals surface area contributed by atoms with Crippen LogP contribution in [-0.4, -0.2) is 30.2 Å². The van der Waals surface area contributed by atoms with Crippen molar-refractivity contribution in [3.8, 4) is 0 Å². The summed E-state index contributed by atoms with van der Waals surface area (Å²) in [6.45, 7) is 2.44. The molecule has 2 aliphatic rings. The van der Waals surface area contributed by atoms with Gasteiger partial charge in [0.05, 0.1) is 6.54 Å². The molecule has 0 spiro atoms. The molecule has 4 rings (SSSR count). The van der Waals surface area contributed by atoms with E-state index in [1.807, 2.05) is 6.08 Å². The number of nitrogens with zero attached hydrogens (tertiary/aromatic N) is 1. The fourth-order valence-electron chi connectivity index (χ4n) is 3.81. The standard InChI is InChI=1S/C23H26N2O2/c26-23-25(20-11-2-1-3-12-20)17-21(27-23)13-7-15-24-16-19-10-6-9-18-8-4-5-14-22(18)19/h2,4-6,8-12,14,21,24H,1,3,7,13,15-17H2/t21-/m1/s1. The van der Waals surface area contributed by atoms with Crippen molar-refractivity contribution in [2.24, 2.45) is 0 Å². The van der Waals surface area contributed by atoms with Crippen molar-refractivity contribution in [1.29, 1.82) is 0 Å². The molecule has 140 valence electrons. The van der Waals surface area contributed by atoms with E-state index in [0.717, 1.165) is 44.5 Å². The molecule has 0 bridgehead atoms. The Morgan fingerprint density at radius 2 is 2.00 bits per heavy atom. The third-order valence-corrected chi connectivity index (χ3v) is 5.24. The van der Waals surface area contributed by atoms with Crippen LogP contribution >= 0.6 is 0 Å². The SMILES string of the molecule is O=C1O[C@H](CCCNCc2cccc3ccccc23)CN1C1=CCCC=C1. The van der Waals surface area contributed by atoms with Crippen LogP contribution in [0.2, 0.25) is 0 Å². The quantitative estimate of drug-likeness (QED) is 0.722. The van der Waals surface area contributed by atoms with Gasteiger partial charge in [-0.05, 0) is 54.6 Å². The number of fused-ring (bicyclic) bond motifs is 1. The summed E-state index contributed by atoms with van der Waals surface area (Å²) in [6.07, 6.45) is 9.99. The molecule has 1 fully saturated rings. The minimum absolute atomic E-state index is 0.00641. The van der Waals surface area contributed by atoms with Crippen molar-refractivity contribution in [3.05, 3.63) is 72.0 Å². The van der Waals surface area contributed by atoms with Gasteiger partial charge < -0.3 is 10.1 Å². The fourth-order valence-corrected chi connectivity index (χ4v) is 3.81. The van der Waals surface area contributed by atoms with Gasteiger partial charge in [-0.2, -0.15) is 0 Å². The molecule has 1 amide bonds. The zero-order chi connectivity index (χ0) is 18.5. The third kappa shape index (κ3) is 4.22. The van der Waals surface area contributed by atoms with E-state index in [2.05, 4.69) is 59.9 Å². The van der Waals surface area contributed by atoms with Crippen LogP contribution < -0.4 is 5.32 Å². The number of hydrogen-bond acceptors (Lipinski definition) is 3. The largest absolute Gasteiger partial charge is 0.444 e. The van der Waals surface area contributed by atoms with E-state index in [-0.39, 0.29) is 12.2 Å². The molecule has 1 atom stereocenters. The number of rotatable bonds is 7. The number of allylic oxidation sites excluding steroid dienone is 3. The molecular formula is C23H26N2O2. The summed E-state index contributed by atoms with van der Waals surface area (Å²) in [6, 6.07) is 14.9. The molecule has 0 unspecified atom stereocenters. The Morgan fingerprint density at radius 3 is 2.89 bits per heavy atom. The molecular weight excluding hydrogens is 336 g/mol. The highest BCUT2D eigenvalue weighted by Gasteiger charge is 2.32. The van der Waals surface area contributed by atoms with Crippen LogP contribution in [0.5, 0.6) is 0 Å². The normalized spacial score (nSPS) is 19.4. The summed E-state index contributed by atoms with van der Waals surface area (Å²) in [5.41, 5.74) is 2.31. The predicted molar refractivity (Wildman–Crippen MR) is 108 cm³/mol. The van der Waals surface area contributed by atoms with Crippen molar-refractivity contribution in [2.45, 2.75) is 38.3 Å². The maximum Gasteiger partial charge on any atom is 0.414 e. The number of nitrogens with one attached hydrogen (secondary N) is 1. The van der Waals surface area contributed by atoms with Crippen molar-refractivity contribution < 1.29 is 9.53 Å². The van der Waals surface area contributed by atoms with E-state index < -0.39 is 0 Å². The monoisotopic (exact) mass is 362 g/mol. The van der Waals surface area contributed by atoms with E-state index in [9.17, 15) is 4.79 Å². The third-order valence-electron chi connectivity index (χ3n) is 5.24. The van der Waals surface area contributed by atoms with E-state index >= 15 is 0 Å². The van der Waals surface area contributed by atoms with Gasteiger partial charge in [0, 0.05) is 12.2 Å². The molecule has 4 heteroatoms. The summed E-state index contributed by atoms with van der Waals surface area (Å²) < 4.78 is 5.53. The Morgan fingerprint density at radius 1 is 1.11 bits per heavy atom. The van der Waals surface area contributed by atoms with Crippen LogP contribution in [0.25, 0.3) is 10.8 Å². The summed E-state index contributed by atoms with van der Waals surface area (Å²) in [7, 11) is 0. The van der Waals surface area contributed by atoms with Crippen LogP contribution in [0.15, 0.2) is 66.4 Å². The number of cyclic esters (lactones) is 1. The first-order valence-electron chi connectivity index (χ1n) is 9.83. The van der Waals surface area contributed by atoms with Crippen LogP contribution in [0.3, 0.4) is 0 Å². The molecule has 2 aromatic rings. The zero-order valence-corrected chi connectivity index (χ0v) is 15.6. The average molecular weight is 362 g/mol. The van der Waals surface area contributed by atoms with Gasteiger partial charge in [0.15, 0.2) is 0 Å². The molecule has 1 aliphatic heterocycles. The molecule has 1 heterocycles. The van der Waals surface area contributed by atoms with Crippen molar-refractivity contribution in [2.75, 3.05) is 13.1 Å². The van der Waals surface area contributed by atoms with Gasteiger partial charge in [0.2, 0.25) is 0 Å². The first-order chi connectivity index (χ1) is 13.3. The second-order valence-electron chi connectivity index (χ2n) is 7.18. The molecule has 1 saturated heterocycles. The van der Waals surface area contributed by atoms with Crippen molar-refractivity contribution in [3.63, 3.8) is 0 Å². The van der Waals surface area contributed by atoms with Crippen LogP contribution in [0, 0.1) is 0 Å². The number of carbonyl (C=O) groups is 1.